The van der Waals surface area contributed by atoms with Crippen LogP contribution < -0.4 is 0 Å². The molecule has 3 nitrogen and oxygen atoms in total. The highest BCUT2D eigenvalue weighted by Gasteiger charge is 2.28. The zero-order chi connectivity index (χ0) is 14.6. The largest absolute Gasteiger partial charge is 0.330 e. The van der Waals surface area contributed by atoms with Crippen molar-refractivity contribution in [2.45, 2.75) is 90.1 Å². The summed E-state index contributed by atoms with van der Waals surface area (Å²) < 4.78 is 16.4. The van der Waals surface area contributed by atoms with Gasteiger partial charge < -0.3 is 9.42 Å². The minimum absolute atomic E-state index is 0.179. The molecular weight excluding hydrogens is 259 g/mol. The Morgan fingerprint density at radius 2 is 1.42 bits per heavy atom. The van der Waals surface area contributed by atoms with Crippen molar-refractivity contribution in [3.8, 4) is 0 Å². The average Bonchev–Trinajstić information content (AvgIpc) is 2.41. The number of rotatable bonds is 13. The van der Waals surface area contributed by atoms with Crippen LogP contribution in [0.25, 0.3) is 0 Å². The first kappa shape index (κ1) is 19.1. The molecule has 0 aliphatic carbocycles. The fraction of sp³-hybridized carbons (Fsp3) is 1.00. The van der Waals surface area contributed by atoms with E-state index in [0.717, 1.165) is 19.3 Å². The van der Waals surface area contributed by atoms with Crippen molar-refractivity contribution in [3.05, 3.63) is 0 Å². The van der Waals surface area contributed by atoms with Crippen LogP contribution in [0.4, 0.5) is 0 Å². The highest BCUT2D eigenvalue weighted by atomic mass is 31.2. The third-order valence-electron chi connectivity index (χ3n) is 3.84. The minimum Gasteiger partial charge on any atom is -0.324 e. The second-order valence-electron chi connectivity index (χ2n) is 5.43. The van der Waals surface area contributed by atoms with Gasteiger partial charge in [-0.15, -0.1) is 0 Å². The summed E-state index contributed by atoms with van der Waals surface area (Å²) >= 11 is 0. The van der Waals surface area contributed by atoms with Gasteiger partial charge in [-0.25, -0.2) is 0 Å². The zero-order valence-corrected chi connectivity index (χ0v) is 14.0. The van der Waals surface area contributed by atoms with Gasteiger partial charge >= 0.3 is 7.60 Å². The maximum atomic E-state index is 11.7. The molecule has 0 aromatic carbocycles. The lowest BCUT2D eigenvalue weighted by molar-refractivity contribution is 0.298. The Kier molecular flexibility index (Phi) is 12.0. The highest BCUT2D eigenvalue weighted by molar-refractivity contribution is 7.53. The van der Waals surface area contributed by atoms with Gasteiger partial charge in [-0.3, -0.25) is 4.57 Å². The molecule has 0 rings (SSSR count). The quantitative estimate of drug-likeness (QED) is 0.359. The Morgan fingerprint density at radius 1 is 0.947 bits per heavy atom. The summed E-state index contributed by atoms with van der Waals surface area (Å²) in [5, 5.41) is 0. The Bertz CT molecular complexity index is 244. The summed E-state index contributed by atoms with van der Waals surface area (Å²) in [5.74, 6) is 0. The van der Waals surface area contributed by atoms with Gasteiger partial charge in [0.15, 0.2) is 0 Å². The van der Waals surface area contributed by atoms with Crippen LogP contribution in [0, 0.1) is 0 Å². The van der Waals surface area contributed by atoms with Crippen molar-refractivity contribution in [2.24, 2.45) is 0 Å². The summed E-state index contributed by atoms with van der Waals surface area (Å²) in [5.41, 5.74) is -0.179. The summed E-state index contributed by atoms with van der Waals surface area (Å²) in [4.78, 5) is 9.64. The van der Waals surface area contributed by atoms with Crippen LogP contribution in [0.15, 0.2) is 0 Å². The summed E-state index contributed by atoms with van der Waals surface area (Å²) in [6, 6.07) is 0. The van der Waals surface area contributed by atoms with Gasteiger partial charge in [0.25, 0.3) is 0 Å². The molecule has 0 aliphatic heterocycles. The maximum Gasteiger partial charge on any atom is 0.330 e. The lowest BCUT2D eigenvalue weighted by Gasteiger charge is -2.19. The SMILES string of the molecule is CCCCCCCCCCCC(CC)P(=O)(O)OC. The molecule has 0 aromatic rings. The summed E-state index contributed by atoms with van der Waals surface area (Å²) in [6.45, 7) is 4.20. The first-order valence-corrected chi connectivity index (χ1v) is 9.61. The number of hydrogen-bond acceptors (Lipinski definition) is 2. The molecule has 0 saturated carbocycles. The van der Waals surface area contributed by atoms with Crippen molar-refractivity contribution in [1.82, 2.24) is 0 Å². The molecule has 0 radical (unpaired) electrons. The Labute approximate surface area is 119 Å². The van der Waals surface area contributed by atoms with Crippen LogP contribution in [-0.4, -0.2) is 17.7 Å². The normalized spacial score (nSPS) is 16.2. The lowest BCUT2D eigenvalue weighted by atomic mass is 10.1. The molecule has 1 N–H and O–H groups in total. The van der Waals surface area contributed by atoms with Crippen molar-refractivity contribution in [1.29, 1.82) is 0 Å². The maximum absolute atomic E-state index is 11.7. The predicted octanol–water partition coefficient (Wildman–Crippen LogP) is 5.52. The van der Waals surface area contributed by atoms with Crippen molar-refractivity contribution in [2.75, 3.05) is 7.11 Å². The van der Waals surface area contributed by atoms with Crippen molar-refractivity contribution < 1.29 is 14.0 Å². The second-order valence-corrected chi connectivity index (χ2v) is 7.65. The van der Waals surface area contributed by atoms with Gasteiger partial charge in [-0.05, 0) is 12.8 Å². The van der Waals surface area contributed by atoms with E-state index in [2.05, 4.69) is 6.92 Å². The van der Waals surface area contributed by atoms with Gasteiger partial charge in [-0.2, -0.15) is 0 Å². The van der Waals surface area contributed by atoms with Crippen molar-refractivity contribution in [3.63, 3.8) is 0 Å². The molecule has 0 spiro atoms. The fourth-order valence-corrected chi connectivity index (χ4v) is 3.71. The molecule has 116 valence electrons. The van der Waals surface area contributed by atoms with E-state index < -0.39 is 7.60 Å². The first-order chi connectivity index (χ1) is 9.08. The molecule has 0 bridgehead atoms. The highest BCUT2D eigenvalue weighted by Crippen LogP contribution is 2.49. The number of hydrogen-bond donors (Lipinski definition) is 1. The van der Waals surface area contributed by atoms with E-state index in [1.165, 1.54) is 58.5 Å². The standard InChI is InChI=1S/C15H33O3P/c1-4-6-7-8-9-10-11-12-13-14-15(5-2)19(16,17)18-3/h15H,4-14H2,1-3H3,(H,16,17). The molecule has 0 amide bonds. The van der Waals surface area contributed by atoms with E-state index in [4.69, 9.17) is 4.52 Å². The van der Waals surface area contributed by atoms with Gasteiger partial charge in [0.1, 0.15) is 0 Å². The third-order valence-corrected chi connectivity index (χ3v) is 5.90. The average molecular weight is 292 g/mol. The monoisotopic (exact) mass is 292 g/mol. The summed E-state index contributed by atoms with van der Waals surface area (Å²) in [6.07, 6.45) is 13.1. The van der Waals surface area contributed by atoms with E-state index >= 15 is 0 Å². The fourth-order valence-electron chi connectivity index (χ4n) is 2.44. The van der Waals surface area contributed by atoms with Gasteiger partial charge in [-0.1, -0.05) is 71.6 Å². The smallest absolute Gasteiger partial charge is 0.324 e. The van der Waals surface area contributed by atoms with Crippen LogP contribution in [0.5, 0.6) is 0 Å². The van der Waals surface area contributed by atoms with Crippen LogP contribution >= 0.6 is 7.60 Å². The molecule has 0 fully saturated rings. The van der Waals surface area contributed by atoms with E-state index in [1.54, 1.807) is 0 Å². The van der Waals surface area contributed by atoms with E-state index in [-0.39, 0.29) is 5.66 Å². The van der Waals surface area contributed by atoms with Crippen LogP contribution in [0.1, 0.15) is 84.5 Å². The van der Waals surface area contributed by atoms with Crippen molar-refractivity contribution >= 4 is 7.60 Å². The minimum atomic E-state index is -3.36. The Balaban J connectivity index is 3.49. The van der Waals surface area contributed by atoms with E-state index in [1.807, 2.05) is 6.92 Å². The summed E-state index contributed by atoms with van der Waals surface area (Å²) in [7, 11) is -2.02. The lowest BCUT2D eigenvalue weighted by Crippen LogP contribution is -2.08. The number of unbranched alkanes of at least 4 members (excludes halogenated alkanes) is 8. The predicted molar refractivity (Wildman–Crippen MR) is 82.8 cm³/mol. The first-order valence-electron chi connectivity index (χ1n) is 7.96. The molecule has 0 aliphatic rings. The van der Waals surface area contributed by atoms with Crippen LogP contribution in [0.3, 0.4) is 0 Å². The topological polar surface area (TPSA) is 46.5 Å². The molecule has 0 saturated heterocycles. The Morgan fingerprint density at radius 3 is 1.84 bits per heavy atom. The van der Waals surface area contributed by atoms with E-state index in [0.29, 0.717) is 0 Å². The molecule has 0 heterocycles. The molecule has 2 atom stereocenters. The van der Waals surface area contributed by atoms with Crippen LogP contribution in [0.2, 0.25) is 0 Å². The molecule has 0 aromatic heterocycles. The Hall–Kier alpha value is 0.150. The molecule has 2 unspecified atom stereocenters. The van der Waals surface area contributed by atoms with Gasteiger partial charge in [0.2, 0.25) is 0 Å². The second kappa shape index (κ2) is 11.9. The van der Waals surface area contributed by atoms with Gasteiger partial charge in [0, 0.05) is 7.11 Å². The zero-order valence-electron chi connectivity index (χ0n) is 13.1. The molecule has 19 heavy (non-hydrogen) atoms. The molecule has 4 heteroatoms. The van der Waals surface area contributed by atoms with Crippen LogP contribution in [-0.2, 0) is 9.09 Å². The molecular formula is C15H33O3P. The third kappa shape index (κ3) is 9.65. The van der Waals surface area contributed by atoms with Gasteiger partial charge in [0.05, 0.1) is 5.66 Å². The van der Waals surface area contributed by atoms with E-state index in [9.17, 15) is 9.46 Å².